The molecule has 4 rings (SSSR count). The largest absolute Gasteiger partial charge is 0.478 e. The minimum atomic E-state index is -0.932. The van der Waals surface area contributed by atoms with E-state index < -0.39 is 5.97 Å². The van der Waals surface area contributed by atoms with Gasteiger partial charge in [0, 0.05) is 18.3 Å². The number of benzene rings is 1. The topological polar surface area (TPSA) is 62.2 Å². The predicted molar refractivity (Wildman–Crippen MR) is 98.8 cm³/mol. The van der Waals surface area contributed by atoms with Crippen LogP contribution in [0.5, 0.6) is 0 Å². The zero-order chi connectivity index (χ0) is 17.6. The highest BCUT2D eigenvalue weighted by atomic mass is 35.5. The molecule has 1 aliphatic heterocycles. The van der Waals surface area contributed by atoms with Gasteiger partial charge in [0.1, 0.15) is 5.15 Å². The molecule has 5 heteroatoms. The van der Waals surface area contributed by atoms with Crippen molar-refractivity contribution in [2.45, 2.75) is 13.3 Å². The molecule has 2 unspecified atom stereocenters. The number of rotatable bonds is 3. The maximum Gasteiger partial charge on any atom is 0.335 e. The van der Waals surface area contributed by atoms with Crippen molar-refractivity contribution < 1.29 is 9.90 Å². The van der Waals surface area contributed by atoms with Gasteiger partial charge in [-0.1, -0.05) is 29.8 Å². The van der Waals surface area contributed by atoms with E-state index in [2.05, 4.69) is 16.4 Å². The Kier molecular flexibility index (Phi) is 4.10. The van der Waals surface area contributed by atoms with Gasteiger partial charge in [0.15, 0.2) is 0 Å². The maximum absolute atomic E-state index is 11.4. The fraction of sp³-hybridized carbons (Fsp3) is 0.300. The van der Waals surface area contributed by atoms with Crippen molar-refractivity contribution in [2.24, 2.45) is 11.8 Å². The molecule has 2 aromatic rings. The van der Waals surface area contributed by atoms with Crippen LogP contribution in [0.3, 0.4) is 0 Å². The number of aromatic nitrogens is 1. The zero-order valence-corrected chi connectivity index (χ0v) is 14.7. The Morgan fingerprint density at radius 3 is 2.92 bits per heavy atom. The van der Waals surface area contributed by atoms with E-state index in [-0.39, 0.29) is 0 Å². The molecule has 2 heterocycles. The number of halogens is 1. The number of carboxylic acid groups (broad SMARTS) is 1. The molecule has 128 valence electrons. The molecule has 0 spiro atoms. The second-order valence-electron chi connectivity index (χ2n) is 6.82. The molecule has 0 radical (unpaired) electrons. The van der Waals surface area contributed by atoms with E-state index in [1.54, 1.807) is 12.1 Å². The number of carbonyl (C=O) groups is 1. The van der Waals surface area contributed by atoms with E-state index in [1.807, 2.05) is 25.3 Å². The van der Waals surface area contributed by atoms with Crippen LogP contribution in [-0.4, -0.2) is 29.1 Å². The molecule has 4 nitrogen and oxygen atoms in total. The summed E-state index contributed by atoms with van der Waals surface area (Å²) in [5, 5.41) is 13.2. The maximum atomic E-state index is 11.4. The quantitative estimate of drug-likeness (QED) is 0.817. The van der Waals surface area contributed by atoms with Crippen LogP contribution >= 0.6 is 11.6 Å². The lowest BCUT2D eigenvalue weighted by Crippen LogP contribution is -2.09. The number of aromatic carboxylic acids is 1. The number of hydrogen-bond donors (Lipinski definition) is 2. The average Bonchev–Trinajstić information content (AvgIpc) is 3.17. The molecule has 2 atom stereocenters. The minimum Gasteiger partial charge on any atom is -0.478 e. The summed E-state index contributed by atoms with van der Waals surface area (Å²) < 4.78 is 0. The standard InChI is InChI=1S/C20H19ClN2O2/c1-11-16(3-2-4-17(11)20(24)25)18-7-15(10-23-19(18)21)12-5-13-8-22-9-14(13)6-12/h2-5,7,10,13-14,22H,6,8-9H2,1H3,(H,24,25). The third-order valence-corrected chi connectivity index (χ3v) is 5.65. The first-order valence-electron chi connectivity index (χ1n) is 8.45. The molecular weight excluding hydrogens is 336 g/mol. The summed E-state index contributed by atoms with van der Waals surface area (Å²) in [4.78, 5) is 15.8. The number of pyridine rings is 1. The number of nitrogens with one attached hydrogen (secondary N) is 1. The number of fused-ring (bicyclic) bond motifs is 1. The third-order valence-electron chi connectivity index (χ3n) is 5.35. The first-order valence-corrected chi connectivity index (χ1v) is 8.83. The molecule has 25 heavy (non-hydrogen) atoms. The zero-order valence-electron chi connectivity index (χ0n) is 13.9. The van der Waals surface area contributed by atoms with Crippen LogP contribution < -0.4 is 5.32 Å². The van der Waals surface area contributed by atoms with Crippen molar-refractivity contribution >= 4 is 23.1 Å². The van der Waals surface area contributed by atoms with Gasteiger partial charge in [-0.3, -0.25) is 0 Å². The summed E-state index contributed by atoms with van der Waals surface area (Å²) in [7, 11) is 0. The molecule has 1 aromatic heterocycles. The highest BCUT2D eigenvalue weighted by Gasteiger charge is 2.32. The van der Waals surface area contributed by atoms with Gasteiger partial charge >= 0.3 is 5.97 Å². The Bertz CT molecular complexity index is 891. The summed E-state index contributed by atoms with van der Waals surface area (Å²) in [5.74, 6) is 0.343. The lowest BCUT2D eigenvalue weighted by atomic mass is 9.95. The van der Waals surface area contributed by atoms with E-state index in [9.17, 15) is 9.90 Å². The van der Waals surface area contributed by atoms with E-state index >= 15 is 0 Å². The van der Waals surface area contributed by atoms with Crippen molar-refractivity contribution in [3.05, 3.63) is 58.4 Å². The van der Waals surface area contributed by atoms with Gasteiger partial charge in [-0.25, -0.2) is 9.78 Å². The molecular formula is C20H19ClN2O2. The van der Waals surface area contributed by atoms with E-state index in [1.165, 1.54) is 5.57 Å². The predicted octanol–water partition coefficient (Wildman–Crippen LogP) is 4.03. The van der Waals surface area contributed by atoms with Crippen molar-refractivity contribution in [2.75, 3.05) is 13.1 Å². The second kappa shape index (κ2) is 6.28. The van der Waals surface area contributed by atoms with Crippen LogP contribution in [0.1, 0.15) is 27.9 Å². The molecule has 1 aliphatic carbocycles. The van der Waals surface area contributed by atoms with E-state index in [4.69, 9.17) is 11.6 Å². The highest BCUT2D eigenvalue weighted by Crippen LogP contribution is 2.40. The van der Waals surface area contributed by atoms with Gasteiger partial charge in [0.2, 0.25) is 0 Å². The monoisotopic (exact) mass is 354 g/mol. The molecule has 0 amide bonds. The van der Waals surface area contributed by atoms with Gasteiger partial charge in [0.25, 0.3) is 0 Å². The summed E-state index contributed by atoms with van der Waals surface area (Å²) in [5.41, 5.74) is 5.00. The molecule has 2 N–H and O–H groups in total. The Morgan fingerprint density at radius 2 is 2.16 bits per heavy atom. The smallest absolute Gasteiger partial charge is 0.335 e. The molecule has 1 saturated heterocycles. The summed E-state index contributed by atoms with van der Waals surface area (Å²) >= 11 is 6.35. The first kappa shape index (κ1) is 16.3. The van der Waals surface area contributed by atoms with Crippen LogP contribution in [0.2, 0.25) is 5.15 Å². The van der Waals surface area contributed by atoms with Crippen LogP contribution in [0.4, 0.5) is 0 Å². The van der Waals surface area contributed by atoms with Crippen LogP contribution in [-0.2, 0) is 0 Å². The van der Waals surface area contributed by atoms with Gasteiger partial charge in [-0.05, 0) is 66.1 Å². The first-order chi connectivity index (χ1) is 12.0. The Labute approximate surface area is 151 Å². The number of allylic oxidation sites excluding steroid dienone is 1. The number of carboxylic acids is 1. The average molecular weight is 355 g/mol. The van der Waals surface area contributed by atoms with Crippen molar-refractivity contribution in [3.63, 3.8) is 0 Å². The minimum absolute atomic E-state index is 0.291. The second-order valence-corrected chi connectivity index (χ2v) is 7.18. The van der Waals surface area contributed by atoms with Crippen LogP contribution in [0.15, 0.2) is 36.5 Å². The van der Waals surface area contributed by atoms with E-state index in [0.29, 0.717) is 28.1 Å². The Morgan fingerprint density at radius 1 is 1.32 bits per heavy atom. The molecule has 0 bridgehead atoms. The Balaban J connectivity index is 1.77. The summed E-state index contributed by atoms with van der Waals surface area (Å²) in [6, 6.07) is 7.31. The van der Waals surface area contributed by atoms with E-state index in [0.717, 1.165) is 36.2 Å². The number of nitrogens with zero attached hydrogens (tertiary/aromatic N) is 1. The fourth-order valence-corrected chi connectivity index (χ4v) is 4.17. The van der Waals surface area contributed by atoms with Gasteiger partial charge in [0.05, 0.1) is 5.56 Å². The third kappa shape index (κ3) is 2.86. The van der Waals surface area contributed by atoms with Crippen molar-refractivity contribution in [3.8, 4) is 11.1 Å². The fourth-order valence-electron chi connectivity index (χ4n) is 3.97. The van der Waals surface area contributed by atoms with Crippen LogP contribution in [0.25, 0.3) is 16.7 Å². The molecule has 1 aromatic carbocycles. The van der Waals surface area contributed by atoms with Crippen molar-refractivity contribution in [1.82, 2.24) is 10.3 Å². The van der Waals surface area contributed by atoms with Gasteiger partial charge < -0.3 is 10.4 Å². The molecule has 2 aliphatic rings. The van der Waals surface area contributed by atoms with Gasteiger partial charge in [-0.2, -0.15) is 0 Å². The summed E-state index contributed by atoms with van der Waals surface area (Å²) in [6.07, 6.45) is 5.22. The van der Waals surface area contributed by atoms with Gasteiger partial charge in [-0.15, -0.1) is 0 Å². The molecule has 1 fully saturated rings. The summed E-state index contributed by atoms with van der Waals surface area (Å²) in [6.45, 7) is 3.92. The highest BCUT2D eigenvalue weighted by molar-refractivity contribution is 6.32. The number of hydrogen-bond acceptors (Lipinski definition) is 3. The lowest BCUT2D eigenvalue weighted by molar-refractivity contribution is 0.0696. The van der Waals surface area contributed by atoms with Crippen LogP contribution in [0, 0.1) is 18.8 Å². The normalized spacial score (nSPS) is 21.9. The van der Waals surface area contributed by atoms with Crippen molar-refractivity contribution in [1.29, 1.82) is 0 Å². The molecule has 0 saturated carbocycles. The Hall–Kier alpha value is -2.17. The SMILES string of the molecule is Cc1c(C(=O)O)cccc1-c1cc(C2=CC3CNCC3C2)cnc1Cl. The lowest BCUT2D eigenvalue weighted by Gasteiger charge is -2.13.